The fourth-order valence-corrected chi connectivity index (χ4v) is 1.95. The first kappa shape index (κ1) is 15.9. The third kappa shape index (κ3) is 3.05. The Labute approximate surface area is 119 Å². The average molecular weight is 290 g/mol. The van der Waals surface area contributed by atoms with Gasteiger partial charge in [0.15, 0.2) is 11.5 Å². The van der Waals surface area contributed by atoms with Crippen molar-refractivity contribution in [3.8, 4) is 17.2 Å². The molecule has 19 heavy (non-hydrogen) atoms. The Morgan fingerprint density at radius 3 is 2.58 bits per heavy atom. The van der Waals surface area contributed by atoms with E-state index in [0.717, 1.165) is 5.56 Å². The third-order valence-electron chi connectivity index (χ3n) is 3.12. The lowest BCUT2D eigenvalue weighted by atomic mass is 9.94. The second-order valence-corrected chi connectivity index (χ2v) is 4.72. The van der Waals surface area contributed by atoms with Crippen LogP contribution in [0.15, 0.2) is 12.1 Å². The average Bonchev–Trinajstić information content (AvgIpc) is 2.83. The van der Waals surface area contributed by atoms with Crippen LogP contribution >= 0.6 is 12.4 Å². The number of fused-ring (bicyclic) bond motifs is 1. The van der Waals surface area contributed by atoms with Crippen molar-refractivity contribution < 1.29 is 19.3 Å². The molecule has 1 heterocycles. The van der Waals surface area contributed by atoms with Gasteiger partial charge in [0.2, 0.25) is 12.5 Å². The van der Waals surface area contributed by atoms with Crippen LogP contribution in [0.2, 0.25) is 0 Å². The zero-order valence-corrected chi connectivity index (χ0v) is 12.1. The molecule has 0 amide bonds. The van der Waals surface area contributed by atoms with Crippen LogP contribution < -0.4 is 19.9 Å². The molecule has 1 aromatic rings. The van der Waals surface area contributed by atoms with E-state index in [-0.39, 0.29) is 25.1 Å². The van der Waals surface area contributed by atoms with Crippen LogP contribution in [0.1, 0.15) is 25.5 Å². The van der Waals surface area contributed by atoms with Crippen molar-refractivity contribution >= 4 is 12.4 Å². The monoisotopic (exact) mass is 289 g/mol. The predicted octanol–water partition coefficient (Wildman–Crippen LogP) is 1.86. The van der Waals surface area contributed by atoms with E-state index in [1.807, 2.05) is 13.8 Å². The van der Waals surface area contributed by atoms with E-state index in [0.29, 0.717) is 17.2 Å². The summed E-state index contributed by atoms with van der Waals surface area (Å²) in [6.45, 7) is 4.03. The lowest BCUT2D eigenvalue weighted by molar-refractivity contribution is 0.0978. The van der Waals surface area contributed by atoms with Gasteiger partial charge >= 0.3 is 0 Å². The SMILES string of the molecule is COc1cc([C@@H](N)[C@@H](O)C(C)C)cc2c1OCO2.Cl. The molecule has 0 radical (unpaired) electrons. The number of methoxy groups -OCH3 is 1. The Balaban J connectivity index is 0.00000180. The normalized spacial score (nSPS) is 15.9. The molecule has 0 saturated heterocycles. The molecule has 1 aliphatic heterocycles. The number of aliphatic hydroxyl groups is 1. The first-order valence-corrected chi connectivity index (χ1v) is 5.95. The molecular formula is C13H20ClNO4. The number of halogens is 1. The van der Waals surface area contributed by atoms with E-state index in [1.54, 1.807) is 19.2 Å². The molecule has 0 bridgehead atoms. The van der Waals surface area contributed by atoms with Gasteiger partial charge < -0.3 is 25.1 Å². The molecule has 0 spiro atoms. The van der Waals surface area contributed by atoms with Crippen LogP contribution in [0, 0.1) is 5.92 Å². The second kappa shape index (κ2) is 6.32. The van der Waals surface area contributed by atoms with E-state index >= 15 is 0 Å². The Hall–Kier alpha value is -1.17. The number of hydrogen-bond acceptors (Lipinski definition) is 5. The summed E-state index contributed by atoms with van der Waals surface area (Å²) in [5, 5.41) is 10.0. The van der Waals surface area contributed by atoms with E-state index < -0.39 is 12.1 Å². The van der Waals surface area contributed by atoms with Crippen LogP contribution in [-0.2, 0) is 0 Å². The molecule has 0 unspecified atom stereocenters. The summed E-state index contributed by atoms with van der Waals surface area (Å²) in [6.07, 6.45) is -0.616. The van der Waals surface area contributed by atoms with Gasteiger partial charge in [-0.2, -0.15) is 0 Å². The fraction of sp³-hybridized carbons (Fsp3) is 0.538. The summed E-state index contributed by atoms with van der Waals surface area (Å²) in [7, 11) is 1.56. The van der Waals surface area contributed by atoms with Crippen molar-refractivity contribution in [3.63, 3.8) is 0 Å². The largest absolute Gasteiger partial charge is 0.493 e. The number of hydrogen-bond donors (Lipinski definition) is 2. The van der Waals surface area contributed by atoms with Gasteiger partial charge in [0.25, 0.3) is 0 Å². The van der Waals surface area contributed by atoms with Crippen molar-refractivity contribution in [1.82, 2.24) is 0 Å². The molecular weight excluding hydrogens is 270 g/mol. The second-order valence-electron chi connectivity index (χ2n) is 4.72. The molecule has 6 heteroatoms. The molecule has 2 rings (SSSR count). The van der Waals surface area contributed by atoms with Gasteiger partial charge in [-0.3, -0.25) is 0 Å². The minimum atomic E-state index is -0.616. The molecule has 5 nitrogen and oxygen atoms in total. The maximum atomic E-state index is 10.0. The molecule has 108 valence electrons. The molecule has 1 aliphatic rings. The Kier molecular flexibility index (Phi) is 5.29. The fourth-order valence-electron chi connectivity index (χ4n) is 1.95. The van der Waals surface area contributed by atoms with E-state index in [4.69, 9.17) is 19.9 Å². The highest BCUT2D eigenvalue weighted by Gasteiger charge is 2.25. The standard InChI is InChI=1S/C13H19NO4.ClH/c1-7(2)12(15)11(14)8-4-9(16-3)13-10(5-8)17-6-18-13;/h4-5,7,11-12,15H,6,14H2,1-3H3;1H/t11-,12+;/m1./s1. The summed E-state index contributed by atoms with van der Waals surface area (Å²) in [4.78, 5) is 0. The highest BCUT2D eigenvalue weighted by atomic mass is 35.5. The van der Waals surface area contributed by atoms with Crippen LogP contribution in [0.4, 0.5) is 0 Å². The highest BCUT2D eigenvalue weighted by Crippen LogP contribution is 2.43. The van der Waals surface area contributed by atoms with Gasteiger partial charge in [-0.15, -0.1) is 12.4 Å². The lowest BCUT2D eigenvalue weighted by Gasteiger charge is -2.23. The topological polar surface area (TPSA) is 73.9 Å². The molecule has 0 aromatic heterocycles. The van der Waals surface area contributed by atoms with Crippen molar-refractivity contribution in [1.29, 1.82) is 0 Å². The number of aliphatic hydroxyl groups excluding tert-OH is 1. The Morgan fingerprint density at radius 1 is 1.32 bits per heavy atom. The summed E-state index contributed by atoms with van der Waals surface area (Å²) in [6, 6.07) is 3.10. The van der Waals surface area contributed by atoms with Gasteiger partial charge in [-0.25, -0.2) is 0 Å². The minimum absolute atomic E-state index is 0. The zero-order chi connectivity index (χ0) is 13.3. The Morgan fingerprint density at radius 2 is 2.00 bits per heavy atom. The highest BCUT2D eigenvalue weighted by molar-refractivity contribution is 5.85. The van der Waals surface area contributed by atoms with Gasteiger partial charge in [0, 0.05) is 0 Å². The smallest absolute Gasteiger partial charge is 0.231 e. The van der Waals surface area contributed by atoms with E-state index in [1.165, 1.54) is 0 Å². The third-order valence-corrected chi connectivity index (χ3v) is 3.12. The molecule has 0 saturated carbocycles. The van der Waals surface area contributed by atoms with Crippen LogP contribution in [0.5, 0.6) is 17.2 Å². The van der Waals surface area contributed by atoms with Gasteiger partial charge in [-0.1, -0.05) is 13.8 Å². The minimum Gasteiger partial charge on any atom is -0.493 e. The van der Waals surface area contributed by atoms with Crippen molar-refractivity contribution in [2.45, 2.75) is 26.0 Å². The van der Waals surface area contributed by atoms with Crippen LogP contribution in [0.25, 0.3) is 0 Å². The number of nitrogens with two attached hydrogens (primary N) is 1. The Bertz CT molecular complexity index is 439. The molecule has 1 aromatic carbocycles. The number of ether oxygens (including phenoxy) is 3. The van der Waals surface area contributed by atoms with Gasteiger partial charge in [0.05, 0.1) is 19.3 Å². The van der Waals surface area contributed by atoms with E-state index in [2.05, 4.69) is 0 Å². The number of benzene rings is 1. The summed E-state index contributed by atoms with van der Waals surface area (Å²) < 4.78 is 15.9. The van der Waals surface area contributed by atoms with Gasteiger partial charge in [-0.05, 0) is 23.6 Å². The lowest BCUT2D eigenvalue weighted by Crippen LogP contribution is -2.30. The van der Waals surface area contributed by atoms with Gasteiger partial charge in [0.1, 0.15) is 0 Å². The molecule has 3 N–H and O–H groups in total. The van der Waals surface area contributed by atoms with Crippen molar-refractivity contribution in [2.24, 2.45) is 11.7 Å². The maximum Gasteiger partial charge on any atom is 0.231 e. The van der Waals surface area contributed by atoms with Crippen LogP contribution in [0.3, 0.4) is 0 Å². The maximum absolute atomic E-state index is 10.0. The predicted molar refractivity (Wildman–Crippen MR) is 74.1 cm³/mol. The molecule has 0 fully saturated rings. The van der Waals surface area contributed by atoms with E-state index in [9.17, 15) is 5.11 Å². The molecule has 2 atom stereocenters. The quantitative estimate of drug-likeness (QED) is 0.885. The summed E-state index contributed by atoms with van der Waals surface area (Å²) in [5.41, 5.74) is 6.83. The first-order valence-electron chi connectivity index (χ1n) is 5.95. The number of rotatable bonds is 4. The van der Waals surface area contributed by atoms with Crippen LogP contribution in [-0.4, -0.2) is 25.1 Å². The summed E-state index contributed by atoms with van der Waals surface area (Å²) >= 11 is 0. The molecule has 0 aliphatic carbocycles. The first-order chi connectivity index (χ1) is 8.54. The summed E-state index contributed by atoms with van der Waals surface area (Å²) in [5.74, 6) is 1.85. The zero-order valence-electron chi connectivity index (χ0n) is 11.3. The van der Waals surface area contributed by atoms with Crippen molar-refractivity contribution in [2.75, 3.05) is 13.9 Å². The van der Waals surface area contributed by atoms with Crippen molar-refractivity contribution in [3.05, 3.63) is 17.7 Å².